The molecule has 2 aromatic rings. The Labute approximate surface area is 184 Å². The molecule has 0 unspecified atom stereocenters. The van der Waals surface area contributed by atoms with Crippen LogP contribution >= 0.6 is 0 Å². The molecule has 0 spiro atoms. The molecule has 3 nitrogen and oxygen atoms in total. The maximum Gasteiger partial charge on any atom is 0.504 e. The fourth-order valence-corrected chi connectivity index (χ4v) is 16.3. The number of aryl methyl sites for hydroxylation is 1. The molecule has 29 heavy (non-hydrogen) atoms. The summed E-state index contributed by atoms with van der Waals surface area (Å²) in [7, 11) is -6.10. The minimum atomic E-state index is -2.83. The zero-order valence-electron chi connectivity index (χ0n) is 18.7. The average Bonchev–Trinajstić information content (AvgIpc) is 2.74. The van der Waals surface area contributed by atoms with Gasteiger partial charge in [0.15, 0.2) is 27.8 Å². The molecule has 0 fully saturated rings. The van der Waals surface area contributed by atoms with E-state index in [1.807, 2.05) is 0 Å². The molecular formula is C22H38O3Si4. The van der Waals surface area contributed by atoms with Gasteiger partial charge in [-0.1, -0.05) is 87.4 Å². The fraction of sp³-hybridized carbons (Fsp3) is 0.455. The van der Waals surface area contributed by atoms with Crippen LogP contribution in [-0.4, -0.2) is 36.6 Å². The van der Waals surface area contributed by atoms with Crippen LogP contribution in [0.25, 0.3) is 0 Å². The lowest BCUT2D eigenvalue weighted by atomic mass is 10.2. The highest BCUT2D eigenvalue weighted by Crippen LogP contribution is 2.23. The summed E-state index contributed by atoms with van der Waals surface area (Å²) in [5.41, 5.74) is 1.38. The first-order valence-corrected chi connectivity index (χ1v) is 19.1. The molecule has 0 aromatic heterocycles. The van der Waals surface area contributed by atoms with E-state index in [1.165, 1.54) is 30.5 Å². The van der Waals surface area contributed by atoms with E-state index in [-0.39, 0.29) is 0 Å². The summed E-state index contributed by atoms with van der Waals surface area (Å²) in [6.45, 7) is 9.12. The third-order valence-corrected chi connectivity index (χ3v) is 17.4. The van der Waals surface area contributed by atoms with Gasteiger partial charge >= 0.3 is 8.80 Å². The van der Waals surface area contributed by atoms with Crippen LogP contribution in [0.3, 0.4) is 0 Å². The summed E-state index contributed by atoms with van der Waals surface area (Å²) in [4.78, 5) is 0. The van der Waals surface area contributed by atoms with Crippen molar-refractivity contribution in [2.75, 3.05) is 0 Å². The van der Waals surface area contributed by atoms with Gasteiger partial charge in [0.1, 0.15) is 0 Å². The second-order valence-corrected chi connectivity index (χ2v) is 19.2. The quantitative estimate of drug-likeness (QED) is 0.312. The first-order chi connectivity index (χ1) is 14.0. The standard InChI is InChI=1S/C22H38O3Si4/c1-5-18-26-23-29(24-27-19-6-2,22-15-11-8-12-16-22)25-28(3,4)20-17-21-13-9-7-10-14-21/h7-16H,5-6,17-20,26-27H2,1-4H3. The zero-order chi connectivity index (χ0) is 21.0. The molecule has 0 amide bonds. The molecule has 0 saturated carbocycles. The van der Waals surface area contributed by atoms with Crippen molar-refractivity contribution in [3.05, 3.63) is 66.2 Å². The van der Waals surface area contributed by atoms with Crippen LogP contribution < -0.4 is 5.19 Å². The molecule has 0 radical (unpaired) electrons. The van der Waals surface area contributed by atoms with Crippen molar-refractivity contribution in [1.29, 1.82) is 0 Å². The zero-order valence-corrected chi connectivity index (χ0v) is 23.5. The highest BCUT2D eigenvalue weighted by Gasteiger charge is 2.47. The van der Waals surface area contributed by atoms with Crippen molar-refractivity contribution in [3.8, 4) is 0 Å². The third-order valence-electron chi connectivity index (χ3n) is 4.98. The number of rotatable bonds is 14. The Balaban J connectivity index is 2.22. The van der Waals surface area contributed by atoms with E-state index in [9.17, 15) is 0 Å². The summed E-state index contributed by atoms with van der Waals surface area (Å²) in [5.74, 6) is 0. The molecule has 2 rings (SSSR count). The molecule has 0 atom stereocenters. The minimum Gasteiger partial charge on any atom is -0.419 e. The molecule has 160 valence electrons. The lowest BCUT2D eigenvalue weighted by molar-refractivity contribution is 0.288. The van der Waals surface area contributed by atoms with Crippen molar-refractivity contribution in [2.24, 2.45) is 0 Å². The van der Waals surface area contributed by atoms with Gasteiger partial charge in [-0.3, -0.25) is 0 Å². The Morgan fingerprint density at radius 2 is 1.28 bits per heavy atom. The molecule has 0 N–H and O–H groups in total. The molecule has 2 aromatic carbocycles. The normalized spacial score (nSPS) is 14.8. The summed E-state index contributed by atoms with van der Waals surface area (Å²) in [6.07, 6.45) is 3.40. The SMILES string of the molecule is CCC[SiH2]O[Si](O[SiH2]CCC)(O[Si](C)(C)CCc1ccccc1)c1ccccc1. The first-order valence-electron chi connectivity index (χ1n) is 11.1. The lowest BCUT2D eigenvalue weighted by Crippen LogP contribution is -2.62. The molecule has 0 aliphatic heterocycles. The van der Waals surface area contributed by atoms with E-state index in [0.29, 0.717) is 0 Å². The van der Waals surface area contributed by atoms with Crippen LogP contribution in [0.4, 0.5) is 0 Å². The average molecular weight is 463 g/mol. The minimum absolute atomic E-state index is 0.648. The van der Waals surface area contributed by atoms with E-state index in [0.717, 1.165) is 17.7 Å². The van der Waals surface area contributed by atoms with E-state index < -0.39 is 36.6 Å². The Hall–Kier alpha value is -0.812. The van der Waals surface area contributed by atoms with Gasteiger partial charge in [-0.15, -0.1) is 0 Å². The van der Waals surface area contributed by atoms with Crippen LogP contribution in [0.2, 0.25) is 31.2 Å². The summed E-state index contributed by atoms with van der Waals surface area (Å²) < 4.78 is 20.4. The number of benzene rings is 2. The third kappa shape index (κ3) is 8.45. The van der Waals surface area contributed by atoms with E-state index in [1.54, 1.807) is 0 Å². The first kappa shape index (κ1) is 24.5. The van der Waals surface area contributed by atoms with E-state index >= 15 is 0 Å². The molecule has 0 aliphatic carbocycles. The van der Waals surface area contributed by atoms with E-state index in [4.69, 9.17) is 12.3 Å². The predicted molar refractivity (Wildman–Crippen MR) is 135 cm³/mol. The monoisotopic (exact) mass is 462 g/mol. The van der Waals surface area contributed by atoms with Crippen molar-refractivity contribution < 1.29 is 12.3 Å². The Kier molecular flexibility index (Phi) is 10.8. The highest BCUT2D eigenvalue weighted by molar-refractivity contribution is 6.90. The number of hydrogen-bond donors (Lipinski definition) is 0. The van der Waals surface area contributed by atoms with Gasteiger partial charge in [0.2, 0.25) is 0 Å². The largest absolute Gasteiger partial charge is 0.504 e. The fourth-order valence-electron chi connectivity index (χ4n) is 3.18. The Bertz CT molecular complexity index is 673. The van der Waals surface area contributed by atoms with E-state index in [2.05, 4.69) is 87.6 Å². The number of hydrogen-bond acceptors (Lipinski definition) is 3. The Morgan fingerprint density at radius 3 is 1.79 bits per heavy atom. The van der Waals surface area contributed by atoms with Crippen molar-refractivity contribution in [2.45, 2.75) is 64.3 Å². The van der Waals surface area contributed by atoms with Gasteiger partial charge in [0.05, 0.1) is 0 Å². The van der Waals surface area contributed by atoms with Crippen molar-refractivity contribution in [1.82, 2.24) is 0 Å². The molecule has 0 heterocycles. The molecule has 0 bridgehead atoms. The van der Waals surface area contributed by atoms with Gasteiger partial charge < -0.3 is 12.3 Å². The second kappa shape index (κ2) is 12.8. The smallest absolute Gasteiger partial charge is 0.419 e. The summed E-state index contributed by atoms with van der Waals surface area (Å²) >= 11 is 0. The molecule has 0 aliphatic rings. The second-order valence-electron chi connectivity index (χ2n) is 8.17. The maximum atomic E-state index is 7.03. The highest BCUT2D eigenvalue weighted by atomic mass is 28.5. The summed E-state index contributed by atoms with van der Waals surface area (Å²) in [6, 6.07) is 24.7. The maximum absolute atomic E-state index is 7.03. The molecule has 7 heteroatoms. The van der Waals surface area contributed by atoms with Crippen LogP contribution in [-0.2, 0) is 18.8 Å². The van der Waals surface area contributed by atoms with Crippen LogP contribution in [0.1, 0.15) is 32.3 Å². The lowest BCUT2D eigenvalue weighted by Gasteiger charge is -2.38. The van der Waals surface area contributed by atoms with Gasteiger partial charge in [-0.25, -0.2) is 0 Å². The van der Waals surface area contributed by atoms with Crippen LogP contribution in [0.5, 0.6) is 0 Å². The van der Waals surface area contributed by atoms with Gasteiger partial charge in [-0.05, 0) is 43.2 Å². The van der Waals surface area contributed by atoms with Gasteiger partial charge in [-0.2, -0.15) is 0 Å². The molecule has 0 saturated heterocycles. The van der Waals surface area contributed by atoms with Gasteiger partial charge in [0, 0.05) is 5.19 Å². The summed E-state index contributed by atoms with van der Waals surface area (Å²) in [5, 5.41) is 1.16. The predicted octanol–water partition coefficient (Wildman–Crippen LogP) is 4.15. The van der Waals surface area contributed by atoms with Gasteiger partial charge in [0.25, 0.3) is 0 Å². The Morgan fingerprint density at radius 1 is 0.759 bits per heavy atom. The van der Waals surface area contributed by atoms with Crippen LogP contribution in [0, 0.1) is 0 Å². The topological polar surface area (TPSA) is 27.7 Å². The van der Waals surface area contributed by atoms with Crippen LogP contribution in [0.15, 0.2) is 60.7 Å². The van der Waals surface area contributed by atoms with Crippen molar-refractivity contribution in [3.63, 3.8) is 0 Å². The van der Waals surface area contributed by atoms with Crippen molar-refractivity contribution >= 4 is 41.8 Å². The molecular weight excluding hydrogens is 425 g/mol.